The highest BCUT2D eigenvalue weighted by Crippen LogP contribution is 2.43. The SMILES string of the molecule is Cc1c(/C=C/c2cc(OCCF)c(CN3CCCC(c4cccc(-c5cccc(/C=C/c6cc(OCc7cncc(F)c7)c(CN7CCCC[C@H]7C(=O)O)cc6C(F)(F)F)c5C)c4)[C@H]3C(=O)O)cc2C(F)(F)F)cccc1-c1ccccc1. The average Bonchev–Trinajstić information content (AvgIpc) is 3.66. The number of pyridine rings is 1. The van der Waals surface area contributed by atoms with Gasteiger partial charge in [0.15, 0.2) is 0 Å². The van der Waals surface area contributed by atoms with Crippen molar-refractivity contribution < 1.29 is 64.4 Å². The van der Waals surface area contributed by atoms with Gasteiger partial charge in [-0.05, 0) is 144 Å². The first-order valence-electron chi connectivity index (χ1n) is 27.3. The van der Waals surface area contributed by atoms with Crippen LogP contribution in [0.1, 0.15) is 105 Å². The van der Waals surface area contributed by atoms with E-state index in [1.807, 2.05) is 67.6 Å². The first kappa shape index (κ1) is 59.5. The molecule has 17 heteroatoms. The van der Waals surface area contributed by atoms with Crippen molar-refractivity contribution in [3.8, 4) is 33.8 Å². The Kier molecular flexibility index (Phi) is 18.6. The monoisotopic (exact) mass is 1140 g/mol. The maximum atomic E-state index is 15.1. The summed E-state index contributed by atoms with van der Waals surface area (Å²) in [6, 6.07) is 31.2. The van der Waals surface area contributed by atoms with E-state index in [0.29, 0.717) is 77.6 Å². The Hall–Kier alpha value is -8.15. The van der Waals surface area contributed by atoms with Gasteiger partial charge in [0.2, 0.25) is 0 Å². The number of carboxylic acid groups (broad SMARTS) is 2. The number of benzene rings is 6. The highest BCUT2D eigenvalue weighted by atomic mass is 19.4. The Morgan fingerprint density at radius 3 is 1.77 bits per heavy atom. The Labute approximate surface area is 476 Å². The molecule has 1 unspecified atom stereocenters. The van der Waals surface area contributed by atoms with Gasteiger partial charge in [0.05, 0.1) is 17.3 Å². The molecule has 3 heterocycles. The van der Waals surface area contributed by atoms with Crippen LogP contribution in [0, 0.1) is 19.7 Å². The largest absolute Gasteiger partial charge is 0.491 e. The van der Waals surface area contributed by atoms with Gasteiger partial charge < -0.3 is 19.7 Å². The fourth-order valence-corrected chi connectivity index (χ4v) is 11.4. The Morgan fingerprint density at radius 2 is 1.18 bits per heavy atom. The van der Waals surface area contributed by atoms with Crippen molar-refractivity contribution in [3.05, 3.63) is 206 Å². The molecule has 3 atom stereocenters. The van der Waals surface area contributed by atoms with Gasteiger partial charge in [-0.1, -0.05) is 122 Å². The molecular weight excluding hydrogens is 1080 g/mol. The second-order valence-electron chi connectivity index (χ2n) is 20.9. The lowest BCUT2D eigenvalue weighted by atomic mass is 9.82. The molecular formula is C66H61F8N3O6. The molecule has 0 amide bonds. The van der Waals surface area contributed by atoms with Gasteiger partial charge in [-0.15, -0.1) is 0 Å². The van der Waals surface area contributed by atoms with Crippen molar-refractivity contribution in [1.82, 2.24) is 14.8 Å². The molecule has 9 nitrogen and oxygen atoms in total. The Morgan fingerprint density at radius 1 is 0.614 bits per heavy atom. The molecule has 0 spiro atoms. The van der Waals surface area contributed by atoms with E-state index < -0.39 is 72.5 Å². The highest BCUT2D eigenvalue weighted by molar-refractivity contribution is 5.81. The van der Waals surface area contributed by atoms with Crippen LogP contribution in [0.3, 0.4) is 0 Å². The van der Waals surface area contributed by atoms with Crippen LogP contribution in [-0.4, -0.2) is 75.4 Å². The fourth-order valence-electron chi connectivity index (χ4n) is 11.4. The van der Waals surface area contributed by atoms with Crippen LogP contribution >= 0.6 is 0 Å². The fraction of sp³-hybridized carbons (Fsp3) is 0.288. The highest BCUT2D eigenvalue weighted by Gasteiger charge is 2.40. The molecule has 2 saturated heterocycles. The van der Waals surface area contributed by atoms with Crippen molar-refractivity contribution in [2.45, 2.75) is 96.0 Å². The minimum absolute atomic E-state index is 0.00897. The molecule has 2 aliphatic heterocycles. The number of piperidine rings is 2. The molecule has 6 aromatic carbocycles. The van der Waals surface area contributed by atoms with Crippen molar-refractivity contribution in [1.29, 1.82) is 0 Å². The summed E-state index contributed by atoms with van der Waals surface area (Å²) in [4.78, 5) is 32.7. The molecule has 7 aromatic rings. The van der Waals surface area contributed by atoms with Crippen LogP contribution in [-0.2, 0) is 41.6 Å². The summed E-state index contributed by atoms with van der Waals surface area (Å²) in [5.74, 6) is -3.50. The molecule has 2 N–H and O–H groups in total. The molecule has 1 aromatic heterocycles. The van der Waals surface area contributed by atoms with E-state index >= 15 is 26.3 Å². The van der Waals surface area contributed by atoms with Gasteiger partial charge in [0.1, 0.15) is 49.3 Å². The summed E-state index contributed by atoms with van der Waals surface area (Å²) in [7, 11) is 0. The predicted octanol–water partition coefficient (Wildman–Crippen LogP) is 15.7. The number of hydrogen-bond donors (Lipinski definition) is 2. The van der Waals surface area contributed by atoms with Gasteiger partial charge >= 0.3 is 24.3 Å². The molecule has 0 aliphatic carbocycles. The lowest BCUT2D eigenvalue weighted by Crippen LogP contribution is -2.48. The van der Waals surface area contributed by atoms with Crippen LogP contribution in [0.5, 0.6) is 11.5 Å². The summed E-state index contributed by atoms with van der Waals surface area (Å²) < 4.78 is 130. The molecule has 2 fully saturated rings. The lowest BCUT2D eigenvalue weighted by Gasteiger charge is -2.39. The number of likely N-dealkylation sites (tertiary alicyclic amines) is 2. The van der Waals surface area contributed by atoms with Gasteiger partial charge in [0.25, 0.3) is 0 Å². The maximum Gasteiger partial charge on any atom is 0.417 e. The molecule has 0 radical (unpaired) electrons. The quantitative estimate of drug-likeness (QED) is 0.0604. The third kappa shape index (κ3) is 14.2. The lowest BCUT2D eigenvalue weighted by molar-refractivity contribution is -0.146. The van der Waals surface area contributed by atoms with Crippen LogP contribution in [0.2, 0.25) is 0 Å². The number of alkyl halides is 7. The predicted molar refractivity (Wildman–Crippen MR) is 303 cm³/mol. The summed E-state index contributed by atoms with van der Waals surface area (Å²) in [6.07, 6.45) is 1.08. The third-order valence-electron chi connectivity index (χ3n) is 15.5. The van der Waals surface area contributed by atoms with Crippen LogP contribution in [0.15, 0.2) is 134 Å². The van der Waals surface area contributed by atoms with Crippen LogP contribution in [0.25, 0.3) is 46.6 Å². The number of halogens is 8. The zero-order chi connectivity index (χ0) is 59.0. The normalized spacial score (nSPS) is 17.3. The standard InChI is InChI=1S/C66H61F8N3O6/c1-41-44(14-9-18-54(41)46-12-4-3-5-13-46)22-24-49-34-60(82-29-26-67)52(33-58(49)66(72,73)74)39-77-28-11-20-56(62(77)64(80)81)48-17-8-16-47(31-48)55-19-10-15-45(42(55)2)23-25-50-35-61(83-40-43-30-53(68)37-75-36-43)51(32-57(50)65(69,70)71)38-76-27-7-6-21-59(76)63(78)79/h3-5,8-10,12-19,22-25,30-37,56,59,62H,6-7,11,20-21,26-29,38-40H2,1-2H3,(H,78,79)(H,80,81)/b24-22+,25-23+/t56?,59-,62-/m0/s1. The number of nitrogens with zero attached hydrogens (tertiary/aromatic N) is 3. The minimum Gasteiger partial charge on any atom is -0.491 e. The first-order valence-corrected chi connectivity index (χ1v) is 27.3. The second-order valence-corrected chi connectivity index (χ2v) is 20.9. The molecule has 9 rings (SSSR count). The minimum atomic E-state index is -4.84. The zero-order valence-electron chi connectivity index (χ0n) is 45.6. The van der Waals surface area contributed by atoms with Crippen molar-refractivity contribution in [2.75, 3.05) is 26.4 Å². The van der Waals surface area contributed by atoms with E-state index in [1.165, 1.54) is 36.5 Å². The molecule has 0 saturated carbocycles. The van der Waals surface area contributed by atoms with Gasteiger partial charge in [0, 0.05) is 41.9 Å². The number of ether oxygens (including phenoxy) is 2. The maximum absolute atomic E-state index is 15.1. The van der Waals surface area contributed by atoms with E-state index in [9.17, 15) is 28.6 Å². The molecule has 83 heavy (non-hydrogen) atoms. The number of hydrogen-bond acceptors (Lipinski definition) is 7. The average molecular weight is 1140 g/mol. The van der Waals surface area contributed by atoms with E-state index in [0.717, 1.165) is 35.0 Å². The Balaban J connectivity index is 1.00. The second kappa shape index (κ2) is 26.0. The van der Waals surface area contributed by atoms with Gasteiger partial charge in [-0.3, -0.25) is 24.4 Å². The number of rotatable bonds is 19. The smallest absolute Gasteiger partial charge is 0.417 e. The Bertz CT molecular complexity index is 3530. The van der Waals surface area contributed by atoms with Crippen molar-refractivity contribution in [2.24, 2.45) is 0 Å². The summed E-state index contributed by atoms with van der Waals surface area (Å²) in [5, 5.41) is 20.9. The number of carboxylic acids is 2. The van der Waals surface area contributed by atoms with Crippen molar-refractivity contribution in [3.63, 3.8) is 0 Å². The van der Waals surface area contributed by atoms with Crippen LogP contribution in [0.4, 0.5) is 35.1 Å². The topological polar surface area (TPSA) is 112 Å². The van der Waals surface area contributed by atoms with E-state index in [2.05, 4.69) is 4.98 Å². The van der Waals surface area contributed by atoms with E-state index in [1.54, 1.807) is 59.2 Å². The third-order valence-corrected chi connectivity index (χ3v) is 15.5. The van der Waals surface area contributed by atoms with Crippen LogP contribution < -0.4 is 9.47 Å². The number of carbonyl (C=O) groups is 2. The van der Waals surface area contributed by atoms with Gasteiger partial charge in [-0.25, -0.2) is 8.78 Å². The zero-order valence-corrected chi connectivity index (χ0v) is 45.6. The first-order chi connectivity index (χ1) is 39.8. The summed E-state index contributed by atoms with van der Waals surface area (Å²) in [5.41, 5.74) is 4.73. The number of aliphatic carboxylic acids is 2. The van der Waals surface area contributed by atoms with E-state index in [-0.39, 0.29) is 60.0 Å². The molecule has 432 valence electrons. The van der Waals surface area contributed by atoms with Gasteiger partial charge in [-0.2, -0.15) is 26.3 Å². The summed E-state index contributed by atoms with van der Waals surface area (Å²) >= 11 is 0. The molecule has 2 aliphatic rings. The number of aromatic nitrogens is 1. The van der Waals surface area contributed by atoms with Crippen molar-refractivity contribution >= 4 is 36.2 Å². The molecule has 0 bridgehead atoms. The van der Waals surface area contributed by atoms with E-state index in [4.69, 9.17) is 9.47 Å². The summed E-state index contributed by atoms with van der Waals surface area (Å²) in [6.45, 7) is 2.26.